The third-order valence-electron chi connectivity index (χ3n) is 4.11. The van der Waals surface area contributed by atoms with Gasteiger partial charge in [-0.15, -0.1) is 0 Å². The van der Waals surface area contributed by atoms with Gasteiger partial charge in [0.25, 0.3) is 0 Å². The van der Waals surface area contributed by atoms with Crippen molar-refractivity contribution in [3.05, 3.63) is 30.3 Å². The SMILES string of the molecule is CC(C)(C)[Si](C)(C)OCCOCCOCCOc1ccccc1. The molecule has 0 heterocycles. The Bertz CT molecular complexity index is 415. The Morgan fingerprint density at radius 3 is 1.87 bits per heavy atom. The van der Waals surface area contributed by atoms with Crippen molar-refractivity contribution in [3.63, 3.8) is 0 Å². The molecule has 0 bridgehead atoms. The molecule has 0 spiro atoms. The Morgan fingerprint density at radius 2 is 1.30 bits per heavy atom. The first-order valence-corrected chi connectivity index (χ1v) is 11.2. The van der Waals surface area contributed by atoms with Crippen LogP contribution in [0.2, 0.25) is 18.1 Å². The fourth-order valence-corrected chi connectivity index (χ4v) is 2.66. The van der Waals surface area contributed by atoms with Gasteiger partial charge in [0, 0.05) is 0 Å². The molecule has 0 N–H and O–H groups in total. The molecule has 0 unspecified atom stereocenters. The van der Waals surface area contributed by atoms with Crippen molar-refractivity contribution >= 4 is 8.32 Å². The lowest BCUT2D eigenvalue weighted by molar-refractivity contribution is 0.0260. The number of para-hydroxylation sites is 1. The van der Waals surface area contributed by atoms with Crippen LogP contribution in [0.1, 0.15) is 20.8 Å². The second-order valence-corrected chi connectivity index (χ2v) is 11.8. The highest BCUT2D eigenvalue weighted by atomic mass is 28.4. The lowest BCUT2D eigenvalue weighted by Gasteiger charge is -2.36. The smallest absolute Gasteiger partial charge is 0.192 e. The van der Waals surface area contributed by atoms with Crippen molar-refractivity contribution in [1.29, 1.82) is 0 Å². The number of ether oxygens (including phenoxy) is 3. The Morgan fingerprint density at radius 1 is 0.783 bits per heavy atom. The first kappa shape index (κ1) is 20.2. The van der Waals surface area contributed by atoms with E-state index in [4.69, 9.17) is 18.6 Å². The first-order chi connectivity index (χ1) is 10.8. The minimum atomic E-state index is -1.65. The summed E-state index contributed by atoms with van der Waals surface area (Å²) in [5, 5.41) is 0.245. The largest absolute Gasteiger partial charge is 0.491 e. The van der Waals surface area contributed by atoms with E-state index in [1.807, 2.05) is 30.3 Å². The maximum atomic E-state index is 6.04. The van der Waals surface area contributed by atoms with Crippen molar-refractivity contribution in [2.24, 2.45) is 0 Å². The molecule has 0 aliphatic heterocycles. The van der Waals surface area contributed by atoms with Crippen molar-refractivity contribution < 1.29 is 18.6 Å². The van der Waals surface area contributed by atoms with Gasteiger partial charge in [0.15, 0.2) is 8.32 Å². The van der Waals surface area contributed by atoms with E-state index in [0.29, 0.717) is 39.6 Å². The summed E-state index contributed by atoms with van der Waals surface area (Å²) in [6.45, 7) is 14.8. The van der Waals surface area contributed by atoms with Crippen LogP contribution in [0.4, 0.5) is 0 Å². The minimum absolute atomic E-state index is 0.245. The molecule has 1 rings (SSSR count). The van der Waals surface area contributed by atoms with Crippen LogP contribution in [0, 0.1) is 0 Å². The van der Waals surface area contributed by atoms with Gasteiger partial charge in [-0.1, -0.05) is 39.0 Å². The molecule has 23 heavy (non-hydrogen) atoms. The van der Waals surface area contributed by atoms with Crippen molar-refractivity contribution in [3.8, 4) is 5.75 Å². The summed E-state index contributed by atoms with van der Waals surface area (Å²) < 4.78 is 22.6. The number of hydrogen-bond donors (Lipinski definition) is 0. The minimum Gasteiger partial charge on any atom is -0.491 e. The zero-order valence-corrected chi connectivity index (χ0v) is 16.3. The van der Waals surface area contributed by atoms with Gasteiger partial charge in [-0.25, -0.2) is 0 Å². The predicted octanol–water partition coefficient (Wildman–Crippen LogP) is 4.12. The van der Waals surface area contributed by atoms with Crippen molar-refractivity contribution in [2.75, 3.05) is 39.6 Å². The van der Waals surface area contributed by atoms with Gasteiger partial charge < -0.3 is 18.6 Å². The Labute approximate surface area is 142 Å². The highest BCUT2D eigenvalue weighted by molar-refractivity contribution is 6.74. The van der Waals surface area contributed by atoms with Crippen LogP contribution in [0.3, 0.4) is 0 Å². The average molecular weight is 341 g/mol. The van der Waals surface area contributed by atoms with E-state index in [1.54, 1.807) is 0 Å². The maximum Gasteiger partial charge on any atom is 0.192 e. The fourth-order valence-electron chi connectivity index (χ4n) is 1.63. The summed E-state index contributed by atoms with van der Waals surface area (Å²) in [6, 6.07) is 9.75. The third kappa shape index (κ3) is 8.51. The van der Waals surface area contributed by atoms with Gasteiger partial charge in [0.1, 0.15) is 12.4 Å². The van der Waals surface area contributed by atoms with Gasteiger partial charge in [0.2, 0.25) is 0 Å². The van der Waals surface area contributed by atoms with Crippen LogP contribution in [0.15, 0.2) is 30.3 Å². The van der Waals surface area contributed by atoms with Gasteiger partial charge >= 0.3 is 0 Å². The highest BCUT2D eigenvalue weighted by Crippen LogP contribution is 2.36. The third-order valence-corrected chi connectivity index (χ3v) is 8.65. The molecule has 0 aliphatic rings. The van der Waals surface area contributed by atoms with E-state index < -0.39 is 8.32 Å². The van der Waals surface area contributed by atoms with Crippen molar-refractivity contribution in [1.82, 2.24) is 0 Å². The van der Waals surface area contributed by atoms with E-state index in [0.717, 1.165) is 5.75 Å². The van der Waals surface area contributed by atoms with Crippen LogP contribution >= 0.6 is 0 Å². The maximum absolute atomic E-state index is 6.04. The lowest BCUT2D eigenvalue weighted by Crippen LogP contribution is -2.41. The van der Waals surface area contributed by atoms with Crippen LogP contribution in [0.25, 0.3) is 0 Å². The summed E-state index contributed by atoms with van der Waals surface area (Å²) in [7, 11) is -1.65. The van der Waals surface area contributed by atoms with E-state index in [2.05, 4.69) is 33.9 Å². The molecule has 1 aromatic carbocycles. The number of rotatable bonds is 11. The zero-order chi connectivity index (χ0) is 17.2. The summed E-state index contributed by atoms with van der Waals surface area (Å²) in [4.78, 5) is 0. The highest BCUT2D eigenvalue weighted by Gasteiger charge is 2.36. The van der Waals surface area contributed by atoms with E-state index >= 15 is 0 Å². The molecule has 0 saturated carbocycles. The zero-order valence-electron chi connectivity index (χ0n) is 15.3. The second kappa shape index (κ2) is 10.1. The molecule has 4 nitrogen and oxygen atoms in total. The molecule has 1 aromatic rings. The molecule has 132 valence electrons. The van der Waals surface area contributed by atoms with Gasteiger partial charge in [-0.2, -0.15) is 0 Å². The average Bonchev–Trinajstić information content (AvgIpc) is 2.49. The Hall–Kier alpha value is -0.883. The van der Waals surface area contributed by atoms with Gasteiger partial charge in [-0.3, -0.25) is 0 Å². The van der Waals surface area contributed by atoms with E-state index in [9.17, 15) is 0 Å². The quantitative estimate of drug-likeness (QED) is 0.448. The standard InChI is InChI=1S/C18H32O4Si/c1-18(2,3)23(4,5)22-16-14-20-12-11-19-13-15-21-17-9-7-6-8-10-17/h6-10H,11-16H2,1-5H3. The summed E-state index contributed by atoms with van der Waals surface area (Å²) in [5.41, 5.74) is 0. The number of benzene rings is 1. The monoisotopic (exact) mass is 340 g/mol. The Kier molecular flexibility index (Phi) is 8.84. The Balaban J connectivity index is 1.92. The molecular formula is C18H32O4Si. The van der Waals surface area contributed by atoms with Crippen molar-refractivity contribution in [2.45, 2.75) is 38.9 Å². The molecule has 0 fully saturated rings. The molecule has 5 heteroatoms. The van der Waals surface area contributed by atoms with Gasteiger partial charge in [0.05, 0.1) is 33.0 Å². The lowest BCUT2D eigenvalue weighted by atomic mass is 10.2. The molecule has 0 aliphatic carbocycles. The summed E-state index contributed by atoms with van der Waals surface area (Å²) in [5.74, 6) is 0.870. The summed E-state index contributed by atoms with van der Waals surface area (Å²) >= 11 is 0. The molecule has 0 aromatic heterocycles. The molecule has 0 atom stereocenters. The molecule has 0 amide bonds. The molecule has 0 saturated heterocycles. The normalized spacial score (nSPS) is 12.4. The van der Waals surface area contributed by atoms with Gasteiger partial charge in [-0.05, 0) is 30.3 Å². The van der Waals surface area contributed by atoms with Crippen LogP contribution in [-0.2, 0) is 13.9 Å². The first-order valence-electron chi connectivity index (χ1n) is 8.30. The van der Waals surface area contributed by atoms with E-state index in [1.165, 1.54) is 0 Å². The topological polar surface area (TPSA) is 36.9 Å². The molecular weight excluding hydrogens is 308 g/mol. The second-order valence-electron chi connectivity index (χ2n) is 7.00. The van der Waals surface area contributed by atoms with E-state index in [-0.39, 0.29) is 5.04 Å². The van der Waals surface area contributed by atoms with Crippen LogP contribution in [0.5, 0.6) is 5.75 Å². The van der Waals surface area contributed by atoms with Crippen LogP contribution in [-0.4, -0.2) is 48.0 Å². The molecule has 0 radical (unpaired) electrons. The number of hydrogen-bond acceptors (Lipinski definition) is 4. The fraction of sp³-hybridized carbons (Fsp3) is 0.667. The predicted molar refractivity (Wildman–Crippen MR) is 96.7 cm³/mol. The van der Waals surface area contributed by atoms with Crippen LogP contribution < -0.4 is 4.74 Å². The summed E-state index contributed by atoms with van der Waals surface area (Å²) in [6.07, 6.45) is 0.